The summed E-state index contributed by atoms with van der Waals surface area (Å²) in [6.45, 7) is 0. The van der Waals surface area contributed by atoms with Crippen LogP contribution in [0.1, 0.15) is 5.56 Å². The highest BCUT2D eigenvalue weighted by atomic mass is 79.9. The van der Waals surface area contributed by atoms with Crippen LogP contribution in [-0.4, -0.2) is 4.92 Å². The molecule has 2 aromatic carbocycles. The Kier molecular flexibility index (Phi) is 4.74. The van der Waals surface area contributed by atoms with Gasteiger partial charge in [-0.2, -0.15) is 4.39 Å². The van der Waals surface area contributed by atoms with Crippen molar-refractivity contribution in [2.75, 3.05) is 0 Å². The monoisotopic (exact) mass is 377 g/mol. The first-order chi connectivity index (χ1) is 9.93. The minimum atomic E-state index is -1.19. The Morgan fingerprint density at radius 3 is 2.62 bits per heavy atom. The molecule has 21 heavy (non-hydrogen) atoms. The third-order valence-corrected chi connectivity index (χ3v) is 3.50. The molecule has 0 amide bonds. The topological polar surface area (TPSA) is 52.4 Å². The fraction of sp³-hybridized carbons (Fsp3) is 0.0769. The van der Waals surface area contributed by atoms with Crippen molar-refractivity contribution in [1.29, 1.82) is 0 Å². The zero-order valence-corrected chi connectivity index (χ0v) is 12.6. The first kappa shape index (κ1) is 15.7. The van der Waals surface area contributed by atoms with Crippen LogP contribution in [0.3, 0.4) is 0 Å². The molecule has 0 spiro atoms. The number of ether oxygens (including phenoxy) is 1. The van der Waals surface area contributed by atoms with E-state index in [2.05, 4.69) is 15.9 Å². The second-order valence-corrected chi connectivity index (χ2v) is 4.92. The smallest absolute Gasteiger partial charge is 0.307 e. The van der Waals surface area contributed by atoms with E-state index in [-0.39, 0.29) is 10.8 Å². The molecule has 8 heteroatoms. The quantitative estimate of drug-likeness (QED) is 0.417. The van der Waals surface area contributed by atoms with Crippen molar-refractivity contribution < 1.29 is 18.4 Å². The van der Waals surface area contributed by atoms with Gasteiger partial charge in [0.15, 0.2) is 11.6 Å². The summed E-state index contributed by atoms with van der Waals surface area (Å²) in [5, 5.41) is 11.1. The molecular formula is C13H7BrClF2NO3. The van der Waals surface area contributed by atoms with Crippen LogP contribution in [0.2, 0.25) is 5.02 Å². The van der Waals surface area contributed by atoms with Crippen molar-refractivity contribution in [3.8, 4) is 11.5 Å². The molecule has 2 rings (SSSR count). The van der Waals surface area contributed by atoms with E-state index in [1.165, 1.54) is 6.07 Å². The maximum Gasteiger partial charge on any atom is 0.307 e. The average molecular weight is 379 g/mol. The first-order valence-corrected chi connectivity index (χ1v) is 7.08. The number of rotatable bonds is 4. The van der Waals surface area contributed by atoms with Crippen molar-refractivity contribution in [3.05, 3.63) is 62.7 Å². The van der Waals surface area contributed by atoms with Gasteiger partial charge in [-0.1, -0.05) is 39.7 Å². The summed E-state index contributed by atoms with van der Waals surface area (Å²) >= 11 is 9.19. The first-order valence-electron chi connectivity index (χ1n) is 5.58. The molecule has 0 fully saturated rings. The van der Waals surface area contributed by atoms with Gasteiger partial charge in [-0.3, -0.25) is 10.1 Å². The molecule has 0 aliphatic carbocycles. The van der Waals surface area contributed by atoms with Crippen LogP contribution in [0.5, 0.6) is 11.5 Å². The van der Waals surface area contributed by atoms with Crippen LogP contribution in [-0.2, 0) is 5.33 Å². The molecule has 0 atom stereocenters. The summed E-state index contributed by atoms with van der Waals surface area (Å²) in [4.78, 5) is 9.52. The summed E-state index contributed by atoms with van der Waals surface area (Å²) < 4.78 is 32.6. The van der Waals surface area contributed by atoms with E-state index in [0.29, 0.717) is 23.0 Å². The van der Waals surface area contributed by atoms with Crippen LogP contribution in [0.15, 0.2) is 30.3 Å². The standard InChI is InChI=1S/C13H7BrClF2NO3/c14-6-7-2-1-3-8(15)13(7)21-12-5-9(16)11(18(19)20)4-10(12)17/h1-5H,6H2. The molecule has 0 radical (unpaired) electrons. The molecule has 0 heterocycles. The number of hydrogen-bond acceptors (Lipinski definition) is 3. The molecule has 0 aromatic heterocycles. The Balaban J connectivity index is 2.46. The second-order valence-electron chi connectivity index (χ2n) is 3.95. The highest BCUT2D eigenvalue weighted by molar-refractivity contribution is 9.08. The predicted molar refractivity (Wildman–Crippen MR) is 77.2 cm³/mol. The predicted octanol–water partition coefficient (Wildman–Crippen LogP) is 5.21. The second kappa shape index (κ2) is 6.36. The summed E-state index contributed by atoms with van der Waals surface area (Å²) in [5.74, 6) is -2.57. The molecule has 0 aliphatic heterocycles. The Morgan fingerprint density at radius 1 is 1.29 bits per heavy atom. The van der Waals surface area contributed by atoms with Crippen LogP contribution in [0, 0.1) is 21.7 Å². The lowest BCUT2D eigenvalue weighted by atomic mass is 10.2. The minimum Gasteiger partial charge on any atom is -0.452 e. The molecule has 0 N–H and O–H groups in total. The number of halogens is 4. The van der Waals surface area contributed by atoms with Crippen molar-refractivity contribution in [1.82, 2.24) is 0 Å². The van der Waals surface area contributed by atoms with E-state index < -0.39 is 28.0 Å². The number of nitro benzene ring substituents is 1. The van der Waals surface area contributed by atoms with E-state index in [0.717, 1.165) is 0 Å². The highest BCUT2D eigenvalue weighted by Gasteiger charge is 2.21. The molecule has 0 bridgehead atoms. The lowest BCUT2D eigenvalue weighted by Gasteiger charge is -2.12. The summed E-state index contributed by atoms with van der Waals surface area (Å²) in [5.41, 5.74) is -0.333. The van der Waals surface area contributed by atoms with Gasteiger partial charge in [0.25, 0.3) is 0 Å². The van der Waals surface area contributed by atoms with Crippen molar-refractivity contribution in [2.45, 2.75) is 5.33 Å². The third kappa shape index (κ3) is 3.30. The number of alkyl halides is 1. The highest BCUT2D eigenvalue weighted by Crippen LogP contribution is 2.36. The van der Waals surface area contributed by atoms with E-state index >= 15 is 0 Å². The number of benzene rings is 2. The van der Waals surface area contributed by atoms with Gasteiger partial charge in [-0.05, 0) is 6.07 Å². The van der Waals surface area contributed by atoms with Gasteiger partial charge in [-0.25, -0.2) is 4.39 Å². The van der Waals surface area contributed by atoms with E-state index in [9.17, 15) is 18.9 Å². The average Bonchev–Trinajstić information content (AvgIpc) is 2.44. The van der Waals surface area contributed by atoms with Gasteiger partial charge in [0.2, 0.25) is 5.82 Å². The number of hydrogen-bond donors (Lipinski definition) is 0. The maximum atomic E-state index is 13.8. The van der Waals surface area contributed by atoms with E-state index in [1.807, 2.05) is 0 Å². The number of nitrogens with zero attached hydrogens (tertiary/aromatic N) is 1. The number of nitro groups is 1. The molecule has 110 valence electrons. The zero-order chi connectivity index (χ0) is 15.6. The van der Waals surface area contributed by atoms with Crippen molar-refractivity contribution in [2.24, 2.45) is 0 Å². The van der Waals surface area contributed by atoms with Gasteiger partial charge in [0.1, 0.15) is 5.75 Å². The Bertz CT molecular complexity index is 712. The van der Waals surface area contributed by atoms with Crippen LogP contribution in [0.25, 0.3) is 0 Å². The van der Waals surface area contributed by atoms with Gasteiger partial charge in [0, 0.05) is 17.0 Å². The van der Waals surface area contributed by atoms with Crippen molar-refractivity contribution in [3.63, 3.8) is 0 Å². The molecule has 0 saturated heterocycles. The molecular weight excluding hydrogens is 372 g/mol. The molecule has 4 nitrogen and oxygen atoms in total. The number of para-hydroxylation sites is 1. The van der Waals surface area contributed by atoms with Crippen LogP contribution in [0.4, 0.5) is 14.5 Å². The lowest BCUT2D eigenvalue weighted by Crippen LogP contribution is -1.98. The van der Waals surface area contributed by atoms with Gasteiger partial charge < -0.3 is 4.74 Å². The maximum absolute atomic E-state index is 13.8. The van der Waals surface area contributed by atoms with Gasteiger partial charge >= 0.3 is 5.69 Å². The Hall–Kier alpha value is -1.73. The van der Waals surface area contributed by atoms with Gasteiger partial charge in [0.05, 0.1) is 16.0 Å². The fourth-order valence-corrected chi connectivity index (χ4v) is 2.29. The van der Waals surface area contributed by atoms with Crippen molar-refractivity contribution >= 4 is 33.2 Å². The van der Waals surface area contributed by atoms with E-state index in [1.54, 1.807) is 12.1 Å². The van der Waals surface area contributed by atoms with Gasteiger partial charge in [-0.15, -0.1) is 0 Å². The third-order valence-electron chi connectivity index (χ3n) is 2.60. The molecule has 0 unspecified atom stereocenters. The molecule has 0 aliphatic rings. The normalized spacial score (nSPS) is 10.5. The fourth-order valence-electron chi connectivity index (χ4n) is 1.62. The summed E-state index contributed by atoms with van der Waals surface area (Å²) in [6.07, 6.45) is 0. The Labute approximate surface area is 131 Å². The molecule has 0 saturated carbocycles. The van der Waals surface area contributed by atoms with E-state index in [4.69, 9.17) is 16.3 Å². The SMILES string of the molecule is O=[N+]([O-])c1cc(F)c(Oc2c(Cl)cccc2CBr)cc1F. The summed E-state index contributed by atoms with van der Waals surface area (Å²) in [6, 6.07) is 5.99. The van der Waals surface area contributed by atoms with Crippen LogP contribution < -0.4 is 4.74 Å². The van der Waals surface area contributed by atoms with Crippen LogP contribution >= 0.6 is 27.5 Å². The lowest BCUT2D eigenvalue weighted by molar-refractivity contribution is -0.387. The zero-order valence-electron chi connectivity index (χ0n) is 10.3. The molecule has 2 aromatic rings. The Morgan fingerprint density at radius 2 is 2.00 bits per heavy atom. The minimum absolute atomic E-state index is 0.156. The summed E-state index contributed by atoms with van der Waals surface area (Å²) in [7, 11) is 0. The largest absolute Gasteiger partial charge is 0.452 e.